The van der Waals surface area contributed by atoms with Crippen LogP contribution in [0.1, 0.15) is 27.3 Å². The summed E-state index contributed by atoms with van der Waals surface area (Å²) in [5.74, 6) is -1.25. The second kappa shape index (κ2) is 6.67. The summed E-state index contributed by atoms with van der Waals surface area (Å²) in [4.78, 5) is 16.1. The van der Waals surface area contributed by atoms with Gasteiger partial charge in [-0.1, -0.05) is 12.1 Å². The first-order valence-electron chi connectivity index (χ1n) is 6.86. The van der Waals surface area contributed by atoms with Gasteiger partial charge in [-0.3, -0.25) is 9.89 Å². The minimum Gasteiger partial charge on any atom is -0.504 e. The summed E-state index contributed by atoms with van der Waals surface area (Å²) in [6, 6.07) is 5.82. The Morgan fingerprint density at radius 1 is 1.38 bits per heavy atom. The fourth-order valence-electron chi connectivity index (χ4n) is 2.14. The maximum Gasteiger partial charge on any atom is 0.215 e. The molecule has 122 valence electrons. The molecular formula is C16H11ClFN3O3. The van der Waals surface area contributed by atoms with Crippen LogP contribution >= 0.6 is 11.6 Å². The Labute approximate surface area is 140 Å². The molecule has 0 radical (unpaired) electrons. The lowest BCUT2D eigenvalue weighted by molar-refractivity contribution is 0.104. The number of hydrogen-bond acceptors (Lipinski definition) is 5. The zero-order valence-corrected chi connectivity index (χ0v) is 12.9. The van der Waals surface area contributed by atoms with Crippen LogP contribution in [0.4, 0.5) is 4.39 Å². The Kier molecular flexibility index (Phi) is 4.43. The number of ketones is 1. The molecule has 8 heteroatoms. The van der Waals surface area contributed by atoms with E-state index in [9.17, 15) is 14.3 Å². The monoisotopic (exact) mass is 347 g/mol. The molecule has 0 saturated carbocycles. The van der Waals surface area contributed by atoms with Crippen molar-refractivity contribution in [3.05, 3.63) is 76.5 Å². The van der Waals surface area contributed by atoms with Gasteiger partial charge in [0.25, 0.3) is 0 Å². The van der Waals surface area contributed by atoms with E-state index in [0.717, 1.165) is 11.6 Å². The number of nitrogens with zero attached hydrogens (tertiary/aromatic N) is 2. The molecule has 0 amide bonds. The van der Waals surface area contributed by atoms with Crippen LogP contribution in [0.2, 0.25) is 5.22 Å². The van der Waals surface area contributed by atoms with Gasteiger partial charge in [-0.25, -0.2) is 9.37 Å². The molecule has 0 spiro atoms. The van der Waals surface area contributed by atoms with Crippen molar-refractivity contribution in [2.45, 2.75) is 6.42 Å². The number of benzene rings is 1. The summed E-state index contributed by atoms with van der Waals surface area (Å²) in [5, 5.41) is 16.0. The Balaban J connectivity index is 1.88. The van der Waals surface area contributed by atoms with E-state index >= 15 is 0 Å². The van der Waals surface area contributed by atoms with Crippen molar-refractivity contribution < 1.29 is 18.7 Å². The average Bonchev–Trinajstić information content (AvgIpc) is 3.20. The molecule has 0 aliphatic rings. The van der Waals surface area contributed by atoms with Gasteiger partial charge >= 0.3 is 0 Å². The molecule has 0 unspecified atom stereocenters. The number of aromatic nitrogens is 3. The topological polar surface area (TPSA) is 92.0 Å². The van der Waals surface area contributed by atoms with Crippen molar-refractivity contribution in [1.29, 1.82) is 0 Å². The second-order valence-electron chi connectivity index (χ2n) is 4.92. The van der Waals surface area contributed by atoms with Crippen LogP contribution in [0.15, 0.2) is 47.3 Å². The predicted molar refractivity (Wildman–Crippen MR) is 84.2 cm³/mol. The molecule has 1 aromatic carbocycles. The lowest BCUT2D eigenvalue weighted by atomic mass is 10.0. The fraction of sp³-hybridized carbons (Fsp3) is 0.0625. The maximum atomic E-state index is 13.0. The molecule has 2 N–H and O–H groups in total. The lowest BCUT2D eigenvalue weighted by Gasteiger charge is -2.02. The molecule has 2 heterocycles. The quantitative estimate of drug-likeness (QED) is 0.418. The largest absolute Gasteiger partial charge is 0.504 e. The van der Waals surface area contributed by atoms with Crippen LogP contribution in [-0.4, -0.2) is 26.1 Å². The van der Waals surface area contributed by atoms with E-state index < -0.39 is 5.78 Å². The van der Waals surface area contributed by atoms with Gasteiger partial charge in [0.2, 0.25) is 5.82 Å². The number of rotatable bonds is 5. The SMILES string of the molecule is O=C(C=C(O)c1nc[nH]n1)c1coc(Cl)c1Cc1ccc(F)cc1. The molecule has 3 rings (SSSR count). The molecule has 6 nitrogen and oxygen atoms in total. The van der Waals surface area contributed by atoms with Crippen molar-refractivity contribution >= 4 is 23.1 Å². The molecule has 0 saturated heterocycles. The number of H-pyrrole nitrogens is 1. The van der Waals surface area contributed by atoms with E-state index in [1.54, 1.807) is 12.1 Å². The Morgan fingerprint density at radius 3 is 2.79 bits per heavy atom. The number of aliphatic hydroxyl groups excluding tert-OH is 1. The minimum atomic E-state index is -0.509. The van der Waals surface area contributed by atoms with Gasteiger partial charge in [0, 0.05) is 18.1 Å². The number of hydrogen-bond donors (Lipinski definition) is 2. The van der Waals surface area contributed by atoms with Crippen LogP contribution in [0.3, 0.4) is 0 Å². The third-order valence-corrected chi connectivity index (χ3v) is 3.63. The van der Waals surface area contributed by atoms with Crippen LogP contribution in [-0.2, 0) is 6.42 Å². The summed E-state index contributed by atoms with van der Waals surface area (Å²) in [7, 11) is 0. The molecular weight excluding hydrogens is 337 g/mol. The summed E-state index contributed by atoms with van der Waals surface area (Å²) in [6.07, 6.45) is 3.76. The van der Waals surface area contributed by atoms with Crippen molar-refractivity contribution in [2.24, 2.45) is 0 Å². The Hall–Kier alpha value is -2.93. The lowest BCUT2D eigenvalue weighted by Crippen LogP contribution is -2.01. The molecule has 0 aliphatic carbocycles. The zero-order chi connectivity index (χ0) is 17.1. The van der Waals surface area contributed by atoms with Crippen LogP contribution in [0.5, 0.6) is 0 Å². The summed E-state index contributed by atoms with van der Waals surface area (Å²) >= 11 is 6.00. The zero-order valence-electron chi connectivity index (χ0n) is 12.2. The van der Waals surface area contributed by atoms with E-state index in [1.165, 1.54) is 24.7 Å². The molecule has 3 aromatic rings. The van der Waals surface area contributed by atoms with Crippen LogP contribution < -0.4 is 0 Å². The normalized spacial score (nSPS) is 11.7. The summed E-state index contributed by atoms with van der Waals surface area (Å²) < 4.78 is 18.1. The van der Waals surface area contributed by atoms with E-state index in [4.69, 9.17) is 16.0 Å². The number of halogens is 2. The van der Waals surface area contributed by atoms with Gasteiger partial charge in [0.15, 0.2) is 16.8 Å². The number of furan rings is 1. The minimum absolute atomic E-state index is 0.00183. The van der Waals surface area contributed by atoms with Crippen molar-refractivity contribution in [2.75, 3.05) is 0 Å². The molecule has 0 bridgehead atoms. The van der Waals surface area contributed by atoms with Crippen molar-refractivity contribution in [1.82, 2.24) is 15.2 Å². The molecule has 24 heavy (non-hydrogen) atoms. The first kappa shape index (κ1) is 15.9. The molecule has 0 atom stereocenters. The number of nitrogens with one attached hydrogen (secondary N) is 1. The smallest absolute Gasteiger partial charge is 0.215 e. The highest BCUT2D eigenvalue weighted by Gasteiger charge is 2.19. The molecule has 2 aromatic heterocycles. The van der Waals surface area contributed by atoms with Crippen molar-refractivity contribution in [3.8, 4) is 0 Å². The van der Waals surface area contributed by atoms with Crippen LogP contribution in [0, 0.1) is 5.82 Å². The summed E-state index contributed by atoms with van der Waals surface area (Å²) in [5.41, 5.74) is 1.41. The van der Waals surface area contributed by atoms with E-state index in [1.807, 2.05) is 0 Å². The summed E-state index contributed by atoms with van der Waals surface area (Å²) in [6.45, 7) is 0. The highest BCUT2D eigenvalue weighted by atomic mass is 35.5. The van der Waals surface area contributed by atoms with E-state index in [-0.39, 0.29) is 34.6 Å². The van der Waals surface area contributed by atoms with Gasteiger partial charge in [0.1, 0.15) is 18.4 Å². The molecule has 0 aliphatic heterocycles. The van der Waals surface area contributed by atoms with Crippen LogP contribution in [0.25, 0.3) is 5.76 Å². The second-order valence-corrected chi connectivity index (χ2v) is 5.26. The maximum absolute atomic E-state index is 13.0. The number of aromatic amines is 1. The van der Waals surface area contributed by atoms with Gasteiger partial charge < -0.3 is 9.52 Å². The average molecular weight is 348 g/mol. The van der Waals surface area contributed by atoms with Gasteiger partial charge in [-0.2, -0.15) is 5.10 Å². The highest BCUT2D eigenvalue weighted by Crippen LogP contribution is 2.26. The Bertz CT molecular complexity index is 886. The first-order valence-corrected chi connectivity index (χ1v) is 7.24. The van der Waals surface area contributed by atoms with E-state index in [0.29, 0.717) is 5.56 Å². The van der Waals surface area contributed by atoms with Crippen molar-refractivity contribution in [3.63, 3.8) is 0 Å². The number of aliphatic hydroxyl groups is 1. The number of carbonyl (C=O) groups is 1. The van der Waals surface area contributed by atoms with Gasteiger partial charge in [-0.15, -0.1) is 0 Å². The highest BCUT2D eigenvalue weighted by molar-refractivity contribution is 6.30. The number of carbonyl (C=O) groups excluding carboxylic acids is 1. The standard InChI is InChI=1S/C16H11ClFN3O3/c17-15-11(5-9-1-3-10(18)4-2-9)12(7-24-15)13(22)6-14(23)16-19-8-20-21-16/h1-4,6-8,23H,5H2,(H,19,20,21). The molecule has 0 fully saturated rings. The first-order chi connectivity index (χ1) is 11.5. The third kappa shape index (κ3) is 3.36. The van der Waals surface area contributed by atoms with Gasteiger partial charge in [0.05, 0.1) is 5.56 Å². The number of allylic oxidation sites excluding steroid dienone is 1. The third-order valence-electron chi connectivity index (χ3n) is 3.31. The Morgan fingerprint density at radius 2 is 2.12 bits per heavy atom. The predicted octanol–water partition coefficient (Wildman–Crippen LogP) is 3.56. The fourth-order valence-corrected chi connectivity index (χ4v) is 2.35. The van der Waals surface area contributed by atoms with E-state index in [2.05, 4.69) is 15.2 Å². The van der Waals surface area contributed by atoms with Gasteiger partial charge in [-0.05, 0) is 29.3 Å².